The molecule has 0 heterocycles. The van der Waals surface area contributed by atoms with Crippen LogP contribution < -0.4 is 10.4 Å². The highest BCUT2D eigenvalue weighted by Gasteiger charge is 2.53. The van der Waals surface area contributed by atoms with Crippen LogP contribution in [0.25, 0.3) is 0 Å². The van der Waals surface area contributed by atoms with E-state index in [0.717, 1.165) is 25.2 Å². The van der Waals surface area contributed by atoms with Crippen molar-refractivity contribution >= 4 is 24.4 Å². The third kappa shape index (κ3) is 3.86. The van der Waals surface area contributed by atoms with Gasteiger partial charge in [-0.1, -0.05) is 99.9 Å². The molecule has 2 aromatic rings. The Morgan fingerprint density at radius 1 is 1.00 bits per heavy atom. The second kappa shape index (κ2) is 9.15. The van der Waals surface area contributed by atoms with Crippen molar-refractivity contribution < 1.29 is 9.63 Å². The van der Waals surface area contributed by atoms with Crippen LogP contribution in [0.3, 0.4) is 0 Å². The van der Waals surface area contributed by atoms with Gasteiger partial charge in [0.2, 0.25) is 0 Å². The molecule has 0 unspecified atom stereocenters. The fraction of sp³-hybridized carbons (Fsp3) is 0.536. The highest BCUT2D eigenvalue weighted by molar-refractivity contribution is 6.99. The quantitative estimate of drug-likeness (QED) is 0.334. The van der Waals surface area contributed by atoms with E-state index in [1.165, 1.54) is 36.1 Å². The van der Waals surface area contributed by atoms with Gasteiger partial charge in [0.1, 0.15) is 0 Å². The second-order valence-electron chi connectivity index (χ2n) is 11.0. The molecule has 2 aromatic carbocycles. The molecule has 2 saturated carbocycles. The molecule has 3 atom stereocenters. The predicted octanol–water partition coefficient (Wildman–Crippen LogP) is 6.00. The lowest BCUT2D eigenvalue weighted by Crippen LogP contribution is -2.67. The molecule has 4 rings (SSSR count). The third-order valence-electron chi connectivity index (χ3n) is 8.25. The third-order valence-corrected chi connectivity index (χ3v) is 13.3. The van der Waals surface area contributed by atoms with Crippen molar-refractivity contribution in [1.29, 1.82) is 0 Å². The first-order valence-electron chi connectivity index (χ1n) is 12.3. The van der Waals surface area contributed by atoms with E-state index in [9.17, 15) is 5.21 Å². The average molecular weight is 450 g/mol. The van der Waals surface area contributed by atoms with Crippen molar-refractivity contribution in [3.05, 3.63) is 60.7 Å². The maximum Gasteiger partial charge on any atom is 0.261 e. The smallest absolute Gasteiger partial charge is 0.261 e. The van der Waals surface area contributed by atoms with E-state index in [0.29, 0.717) is 11.8 Å². The van der Waals surface area contributed by atoms with Crippen LogP contribution in [0.4, 0.5) is 0 Å². The lowest BCUT2D eigenvalue weighted by atomic mass is 9.70. The number of rotatable bonds is 6. The van der Waals surface area contributed by atoms with Gasteiger partial charge in [0.25, 0.3) is 8.32 Å². The number of nitrogens with zero attached hydrogens (tertiary/aromatic N) is 1. The highest BCUT2D eigenvalue weighted by Crippen LogP contribution is 2.55. The summed E-state index contributed by atoms with van der Waals surface area (Å²) in [7, 11) is -2.52. The fourth-order valence-corrected chi connectivity index (χ4v) is 11.5. The highest BCUT2D eigenvalue weighted by atomic mass is 28.4. The molecule has 0 amide bonds. The first-order chi connectivity index (χ1) is 15.3. The molecule has 2 aliphatic rings. The summed E-state index contributed by atoms with van der Waals surface area (Å²) in [5, 5.41) is 16.2. The summed E-state index contributed by atoms with van der Waals surface area (Å²) in [5.74, 6) is 0.961. The Labute approximate surface area is 195 Å². The van der Waals surface area contributed by atoms with Crippen LogP contribution in [0.2, 0.25) is 5.04 Å². The number of oxime groups is 1. The summed E-state index contributed by atoms with van der Waals surface area (Å²) in [6, 6.07) is 21.8. The lowest BCUT2D eigenvalue weighted by molar-refractivity contribution is 0.143. The van der Waals surface area contributed by atoms with Crippen molar-refractivity contribution in [2.45, 2.75) is 71.3 Å². The zero-order chi connectivity index (χ0) is 22.8. The van der Waals surface area contributed by atoms with E-state index >= 15 is 0 Å². The van der Waals surface area contributed by atoms with Gasteiger partial charge in [-0.25, -0.2) is 0 Å². The van der Waals surface area contributed by atoms with Crippen LogP contribution in [0, 0.1) is 17.3 Å². The molecule has 172 valence electrons. The number of hydrogen-bond acceptors (Lipinski definition) is 3. The van der Waals surface area contributed by atoms with E-state index < -0.39 is 8.32 Å². The Hall–Kier alpha value is -1.91. The summed E-state index contributed by atoms with van der Waals surface area (Å²) in [4.78, 5) is 0. The fourth-order valence-electron chi connectivity index (χ4n) is 6.85. The molecule has 3 nitrogen and oxygen atoms in total. The molecule has 2 fully saturated rings. The summed E-state index contributed by atoms with van der Waals surface area (Å²) >= 11 is 0. The van der Waals surface area contributed by atoms with Crippen molar-refractivity contribution in [3.8, 4) is 0 Å². The predicted molar refractivity (Wildman–Crippen MR) is 136 cm³/mol. The van der Waals surface area contributed by atoms with E-state index in [1.54, 1.807) is 0 Å². The zero-order valence-corrected chi connectivity index (χ0v) is 21.2. The van der Waals surface area contributed by atoms with E-state index in [4.69, 9.17) is 4.43 Å². The monoisotopic (exact) mass is 449 g/mol. The van der Waals surface area contributed by atoms with Crippen molar-refractivity contribution in [2.75, 3.05) is 6.61 Å². The molecule has 0 aromatic heterocycles. The maximum atomic E-state index is 9.72. The van der Waals surface area contributed by atoms with Crippen molar-refractivity contribution in [3.63, 3.8) is 0 Å². The van der Waals surface area contributed by atoms with Gasteiger partial charge in [-0.3, -0.25) is 0 Å². The lowest BCUT2D eigenvalue weighted by Gasteiger charge is -2.44. The topological polar surface area (TPSA) is 41.8 Å². The molecule has 1 spiro atoms. The Kier molecular flexibility index (Phi) is 6.65. The summed E-state index contributed by atoms with van der Waals surface area (Å²) < 4.78 is 7.25. The minimum atomic E-state index is -2.52. The molecular formula is C28H39NO2Si. The van der Waals surface area contributed by atoms with Crippen LogP contribution in [0.1, 0.15) is 66.2 Å². The average Bonchev–Trinajstić information content (AvgIpc) is 3.41. The van der Waals surface area contributed by atoms with Gasteiger partial charge in [0.05, 0.1) is 5.71 Å². The van der Waals surface area contributed by atoms with Crippen LogP contribution in [0.15, 0.2) is 65.8 Å². The van der Waals surface area contributed by atoms with Crippen LogP contribution >= 0.6 is 0 Å². The Morgan fingerprint density at radius 3 is 2.09 bits per heavy atom. The van der Waals surface area contributed by atoms with Gasteiger partial charge in [0.15, 0.2) is 0 Å². The summed E-state index contributed by atoms with van der Waals surface area (Å²) in [6.07, 6.45) is 6.88. The molecular weight excluding hydrogens is 410 g/mol. The standard InChI is InChI=1S/C28H39NO2Si/c1-22(25-17-11-19-28(25)20-12-18-26(28)29-30)21-31-32(27(2,3)4,23-13-7-5-8-14-23)24-15-9-6-10-16-24/h5-10,13-16,22,25,30H,11-12,17-21H2,1-4H3/b29-26+/t22-,25+,28-/m0/s1. The molecule has 0 radical (unpaired) electrons. The largest absolute Gasteiger partial charge is 0.411 e. The molecule has 1 N–H and O–H groups in total. The minimum absolute atomic E-state index is 0.00609. The SMILES string of the molecule is C[C@@H](CO[Si](c1ccccc1)(c1ccccc1)C(C)(C)C)[C@H]1CCC[C@]12CCC/C2=N\O. The zero-order valence-electron chi connectivity index (χ0n) is 20.2. The van der Waals surface area contributed by atoms with Gasteiger partial charge < -0.3 is 9.63 Å². The normalized spacial score (nSPS) is 26.1. The Balaban J connectivity index is 1.68. The van der Waals surface area contributed by atoms with E-state index in [1.807, 2.05) is 0 Å². The Bertz CT molecular complexity index is 878. The molecule has 32 heavy (non-hydrogen) atoms. The van der Waals surface area contributed by atoms with Gasteiger partial charge in [-0.2, -0.15) is 0 Å². The van der Waals surface area contributed by atoms with Gasteiger partial charge in [-0.15, -0.1) is 0 Å². The van der Waals surface area contributed by atoms with E-state index in [-0.39, 0.29) is 10.5 Å². The first kappa shape index (κ1) is 23.3. The Morgan fingerprint density at radius 2 is 1.56 bits per heavy atom. The summed E-state index contributed by atoms with van der Waals surface area (Å²) in [5.41, 5.74) is 1.15. The van der Waals surface area contributed by atoms with Crippen molar-refractivity contribution in [1.82, 2.24) is 0 Å². The second-order valence-corrected chi connectivity index (χ2v) is 15.3. The van der Waals surface area contributed by atoms with Crippen LogP contribution in [-0.2, 0) is 4.43 Å². The summed E-state index contributed by atoms with van der Waals surface area (Å²) in [6.45, 7) is 10.1. The van der Waals surface area contributed by atoms with E-state index in [2.05, 4.69) is 93.5 Å². The van der Waals surface area contributed by atoms with Crippen LogP contribution in [0.5, 0.6) is 0 Å². The van der Waals surface area contributed by atoms with Crippen LogP contribution in [-0.4, -0.2) is 25.8 Å². The number of hydrogen-bond donors (Lipinski definition) is 1. The molecule has 2 aliphatic carbocycles. The molecule has 0 aliphatic heterocycles. The van der Waals surface area contributed by atoms with Gasteiger partial charge >= 0.3 is 0 Å². The maximum absolute atomic E-state index is 9.72. The molecule has 4 heteroatoms. The molecule has 0 saturated heterocycles. The van der Waals surface area contributed by atoms with Crippen molar-refractivity contribution in [2.24, 2.45) is 22.4 Å². The molecule has 0 bridgehead atoms. The minimum Gasteiger partial charge on any atom is -0.411 e. The van der Waals surface area contributed by atoms with Gasteiger partial charge in [-0.05, 0) is 59.4 Å². The van der Waals surface area contributed by atoms with Gasteiger partial charge in [0, 0.05) is 12.0 Å². The first-order valence-corrected chi connectivity index (χ1v) is 14.2. The number of benzene rings is 2.